The number of hydrogen-bond donors (Lipinski definition) is 2. The van der Waals surface area contributed by atoms with E-state index < -0.39 is 29.8 Å². The zero-order valence-electron chi connectivity index (χ0n) is 10.8. The highest BCUT2D eigenvalue weighted by Crippen LogP contribution is 2.23. The van der Waals surface area contributed by atoms with Crippen LogP contribution in [0.15, 0.2) is 36.4 Å². The molecular weight excluding hydrogens is 280 g/mol. The minimum absolute atomic E-state index is 0.0213. The molecule has 0 aliphatic rings. The number of nitrogen functional groups attached to an aromatic ring is 1. The Balaban J connectivity index is 2.47. The van der Waals surface area contributed by atoms with Crippen molar-refractivity contribution < 1.29 is 23.5 Å². The molecule has 0 heterocycles. The van der Waals surface area contributed by atoms with E-state index in [2.05, 4.69) is 0 Å². The number of carbonyl (C=O) groups excluding carboxylic acids is 1. The summed E-state index contributed by atoms with van der Waals surface area (Å²) >= 11 is 0. The molecule has 2 aromatic rings. The van der Waals surface area contributed by atoms with Gasteiger partial charge >= 0.3 is 5.97 Å². The van der Waals surface area contributed by atoms with Crippen LogP contribution in [-0.4, -0.2) is 16.9 Å². The summed E-state index contributed by atoms with van der Waals surface area (Å²) in [5.74, 6) is -3.05. The molecule has 0 bridgehead atoms. The fraction of sp³-hybridized carbons (Fsp3) is 0.0667. The van der Waals surface area contributed by atoms with Crippen molar-refractivity contribution in [3.8, 4) is 0 Å². The molecule has 2 rings (SSSR count). The minimum Gasteiger partial charge on any atom is -0.481 e. The van der Waals surface area contributed by atoms with Crippen molar-refractivity contribution in [2.24, 2.45) is 0 Å². The standard InChI is InChI=1S/C15H11F2NO3/c16-10-3-1-8(2-4-10)15(21)12-7-11(17)5-9(14(12)18)6-13(19)20/h1-5,7H,6,18H2,(H,19,20). The van der Waals surface area contributed by atoms with Crippen LogP contribution in [-0.2, 0) is 11.2 Å². The van der Waals surface area contributed by atoms with Crippen molar-refractivity contribution in [2.75, 3.05) is 5.73 Å². The lowest BCUT2D eigenvalue weighted by Gasteiger charge is -2.10. The van der Waals surface area contributed by atoms with Crippen molar-refractivity contribution in [1.82, 2.24) is 0 Å². The van der Waals surface area contributed by atoms with Gasteiger partial charge in [-0.3, -0.25) is 9.59 Å². The summed E-state index contributed by atoms with van der Waals surface area (Å²) in [5, 5.41) is 8.75. The molecule has 2 aromatic carbocycles. The third-order valence-electron chi connectivity index (χ3n) is 2.92. The first-order valence-corrected chi connectivity index (χ1v) is 5.98. The quantitative estimate of drug-likeness (QED) is 0.669. The number of rotatable bonds is 4. The molecule has 6 heteroatoms. The molecule has 0 aliphatic heterocycles. The van der Waals surface area contributed by atoms with Gasteiger partial charge in [-0.1, -0.05) is 0 Å². The van der Waals surface area contributed by atoms with Crippen molar-refractivity contribution in [3.05, 3.63) is 64.7 Å². The molecule has 0 spiro atoms. The summed E-state index contributed by atoms with van der Waals surface area (Å²) in [6.07, 6.45) is -0.493. The third kappa shape index (κ3) is 3.22. The highest BCUT2D eigenvalue weighted by atomic mass is 19.1. The maximum atomic E-state index is 13.5. The van der Waals surface area contributed by atoms with E-state index in [0.717, 1.165) is 24.3 Å². The number of anilines is 1. The Morgan fingerprint density at radius 2 is 1.67 bits per heavy atom. The first-order chi connectivity index (χ1) is 9.88. The maximum absolute atomic E-state index is 13.5. The monoisotopic (exact) mass is 291 g/mol. The number of halogens is 2. The van der Waals surface area contributed by atoms with Gasteiger partial charge in [-0.25, -0.2) is 8.78 Å². The zero-order chi connectivity index (χ0) is 15.6. The van der Waals surface area contributed by atoms with Gasteiger partial charge in [0.05, 0.1) is 6.42 Å². The SMILES string of the molecule is Nc1c(CC(=O)O)cc(F)cc1C(=O)c1ccc(F)cc1. The molecule has 0 fully saturated rings. The highest BCUT2D eigenvalue weighted by Gasteiger charge is 2.18. The van der Waals surface area contributed by atoms with Crippen LogP contribution in [0.2, 0.25) is 0 Å². The van der Waals surface area contributed by atoms with Gasteiger partial charge in [0.15, 0.2) is 5.78 Å². The Labute approximate surface area is 118 Å². The molecule has 108 valence electrons. The van der Waals surface area contributed by atoms with Gasteiger partial charge in [-0.2, -0.15) is 0 Å². The van der Waals surface area contributed by atoms with Crippen molar-refractivity contribution in [2.45, 2.75) is 6.42 Å². The molecule has 0 aromatic heterocycles. The van der Waals surface area contributed by atoms with E-state index in [1.807, 2.05) is 0 Å². The van der Waals surface area contributed by atoms with Crippen LogP contribution in [0.4, 0.5) is 14.5 Å². The molecule has 0 saturated carbocycles. The van der Waals surface area contributed by atoms with Gasteiger partial charge in [-0.05, 0) is 42.0 Å². The highest BCUT2D eigenvalue weighted by molar-refractivity contribution is 6.12. The topological polar surface area (TPSA) is 80.4 Å². The molecule has 3 N–H and O–H groups in total. The van der Waals surface area contributed by atoms with Gasteiger partial charge in [0, 0.05) is 16.8 Å². The number of ketones is 1. The zero-order valence-corrected chi connectivity index (χ0v) is 10.8. The minimum atomic E-state index is -1.19. The maximum Gasteiger partial charge on any atom is 0.307 e. The van der Waals surface area contributed by atoms with Crippen LogP contribution in [0.3, 0.4) is 0 Å². The molecule has 0 aliphatic carbocycles. The van der Waals surface area contributed by atoms with E-state index in [1.54, 1.807) is 0 Å². The van der Waals surface area contributed by atoms with Crippen LogP contribution in [0, 0.1) is 11.6 Å². The number of aliphatic carboxylic acids is 1. The molecule has 0 radical (unpaired) electrons. The number of carboxylic acid groups (broad SMARTS) is 1. The lowest BCUT2D eigenvalue weighted by atomic mass is 9.97. The van der Waals surface area contributed by atoms with Gasteiger partial charge in [-0.15, -0.1) is 0 Å². The van der Waals surface area contributed by atoms with E-state index in [9.17, 15) is 18.4 Å². The number of hydrogen-bond acceptors (Lipinski definition) is 3. The first kappa shape index (κ1) is 14.6. The predicted molar refractivity (Wildman–Crippen MR) is 72.0 cm³/mol. The van der Waals surface area contributed by atoms with Gasteiger partial charge in [0.2, 0.25) is 0 Å². The normalized spacial score (nSPS) is 10.4. The Morgan fingerprint density at radius 3 is 2.24 bits per heavy atom. The van der Waals surface area contributed by atoms with E-state index in [1.165, 1.54) is 12.1 Å². The summed E-state index contributed by atoms with van der Waals surface area (Å²) in [5.41, 5.74) is 5.67. The summed E-state index contributed by atoms with van der Waals surface area (Å²) in [6, 6.07) is 6.61. The van der Waals surface area contributed by atoms with E-state index in [-0.39, 0.29) is 22.4 Å². The average Bonchev–Trinajstić information content (AvgIpc) is 2.42. The van der Waals surface area contributed by atoms with Crippen LogP contribution < -0.4 is 5.73 Å². The number of carboxylic acids is 1. The molecule has 0 saturated heterocycles. The predicted octanol–water partition coefficient (Wildman–Crippen LogP) is 2.41. The summed E-state index contributed by atoms with van der Waals surface area (Å²) < 4.78 is 26.4. The van der Waals surface area contributed by atoms with E-state index >= 15 is 0 Å². The van der Waals surface area contributed by atoms with Crippen LogP contribution in [0.5, 0.6) is 0 Å². The van der Waals surface area contributed by atoms with E-state index in [0.29, 0.717) is 0 Å². The number of nitrogens with two attached hydrogens (primary N) is 1. The summed E-state index contributed by atoms with van der Waals surface area (Å²) in [4.78, 5) is 23.0. The Morgan fingerprint density at radius 1 is 1.05 bits per heavy atom. The molecule has 21 heavy (non-hydrogen) atoms. The summed E-state index contributed by atoms with van der Waals surface area (Å²) in [6.45, 7) is 0. The van der Waals surface area contributed by atoms with Crippen LogP contribution >= 0.6 is 0 Å². The van der Waals surface area contributed by atoms with Crippen LogP contribution in [0.1, 0.15) is 21.5 Å². The Kier molecular flexibility index (Phi) is 3.98. The molecule has 0 unspecified atom stereocenters. The van der Waals surface area contributed by atoms with Crippen LogP contribution in [0.25, 0.3) is 0 Å². The van der Waals surface area contributed by atoms with Gasteiger partial charge < -0.3 is 10.8 Å². The van der Waals surface area contributed by atoms with Crippen molar-refractivity contribution in [1.29, 1.82) is 0 Å². The number of carbonyl (C=O) groups is 2. The largest absolute Gasteiger partial charge is 0.481 e. The second kappa shape index (κ2) is 5.70. The average molecular weight is 291 g/mol. The second-order valence-corrected chi connectivity index (χ2v) is 4.43. The Hall–Kier alpha value is -2.76. The summed E-state index contributed by atoms with van der Waals surface area (Å²) in [7, 11) is 0. The third-order valence-corrected chi connectivity index (χ3v) is 2.92. The van der Waals surface area contributed by atoms with Gasteiger partial charge in [0.25, 0.3) is 0 Å². The van der Waals surface area contributed by atoms with E-state index in [4.69, 9.17) is 10.8 Å². The van der Waals surface area contributed by atoms with Gasteiger partial charge in [0.1, 0.15) is 11.6 Å². The smallest absolute Gasteiger partial charge is 0.307 e. The molecular formula is C15H11F2NO3. The van der Waals surface area contributed by atoms with Crippen molar-refractivity contribution >= 4 is 17.4 Å². The fourth-order valence-corrected chi connectivity index (χ4v) is 1.93. The molecule has 4 nitrogen and oxygen atoms in total. The first-order valence-electron chi connectivity index (χ1n) is 5.98. The molecule has 0 atom stereocenters. The lowest BCUT2D eigenvalue weighted by Crippen LogP contribution is -2.11. The lowest BCUT2D eigenvalue weighted by molar-refractivity contribution is -0.136. The fourth-order valence-electron chi connectivity index (χ4n) is 1.93. The molecule has 0 amide bonds. The van der Waals surface area contributed by atoms with Crippen molar-refractivity contribution in [3.63, 3.8) is 0 Å². The Bertz CT molecular complexity index is 712. The second-order valence-electron chi connectivity index (χ2n) is 4.43. The number of benzene rings is 2.